The number of benzene rings is 2. The Balaban J connectivity index is 2.13. The van der Waals surface area contributed by atoms with E-state index in [-0.39, 0.29) is 6.04 Å². The summed E-state index contributed by atoms with van der Waals surface area (Å²) in [6.07, 6.45) is 5.40. The topological polar surface area (TPSA) is 12.0 Å². The lowest BCUT2D eigenvalue weighted by atomic mass is 10.1. The van der Waals surface area contributed by atoms with Gasteiger partial charge in [-0.25, -0.2) is 0 Å². The number of rotatable bonds is 3. The number of hydrogen-bond acceptors (Lipinski definition) is 1. The van der Waals surface area contributed by atoms with E-state index >= 15 is 0 Å². The van der Waals surface area contributed by atoms with Crippen molar-refractivity contribution in [3.05, 3.63) is 63.2 Å². The van der Waals surface area contributed by atoms with Crippen molar-refractivity contribution in [3.63, 3.8) is 0 Å². The zero-order valence-electron chi connectivity index (χ0n) is 10.2. The maximum absolute atomic E-state index is 5.40. The Labute approximate surface area is 122 Å². The van der Waals surface area contributed by atoms with Crippen LogP contribution in [0.1, 0.15) is 24.1 Å². The van der Waals surface area contributed by atoms with E-state index in [1.807, 2.05) is 24.3 Å². The highest BCUT2D eigenvalue weighted by Gasteiger charge is 2.05. The molecule has 1 N–H and O–H groups in total. The predicted octanol–water partition coefficient (Wildman–Crippen LogP) is 4.45. The van der Waals surface area contributed by atoms with Crippen LogP contribution in [0.15, 0.2) is 48.5 Å². The predicted molar refractivity (Wildman–Crippen MR) is 85.6 cm³/mol. The van der Waals surface area contributed by atoms with Crippen LogP contribution in [0.25, 0.3) is 0 Å². The van der Waals surface area contributed by atoms with E-state index in [0.29, 0.717) is 0 Å². The van der Waals surface area contributed by atoms with Gasteiger partial charge in [0.25, 0.3) is 0 Å². The van der Waals surface area contributed by atoms with Crippen LogP contribution in [0.2, 0.25) is 0 Å². The smallest absolute Gasteiger partial charge is 0.0485 e. The molecular formula is C16H14IN. The summed E-state index contributed by atoms with van der Waals surface area (Å²) in [6, 6.07) is 16.7. The molecule has 2 aromatic carbocycles. The monoisotopic (exact) mass is 347 g/mol. The van der Waals surface area contributed by atoms with Crippen molar-refractivity contribution in [3.8, 4) is 12.3 Å². The minimum atomic E-state index is 0.259. The van der Waals surface area contributed by atoms with Gasteiger partial charge in [-0.15, -0.1) is 6.42 Å². The molecule has 2 heteroatoms. The quantitative estimate of drug-likeness (QED) is 0.639. The molecule has 0 spiro atoms. The third-order valence-corrected chi connectivity index (χ3v) is 3.50. The third kappa shape index (κ3) is 3.27. The summed E-state index contributed by atoms with van der Waals surface area (Å²) in [4.78, 5) is 0. The van der Waals surface area contributed by atoms with Crippen LogP contribution in [-0.4, -0.2) is 0 Å². The Morgan fingerprint density at radius 1 is 1.17 bits per heavy atom. The van der Waals surface area contributed by atoms with Gasteiger partial charge in [0.2, 0.25) is 0 Å². The Morgan fingerprint density at radius 2 is 1.89 bits per heavy atom. The molecule has 0 heterocycles. The summed E-state index contributed by atoms with van der Waals surface area (Å²) < 4.78 is 1.25. The van der Waals surface area contributed by atoms with Crippen molar-refractivity contribution in [2.75, 3.05) is 5.32 Å². The summed E-state index contributed by atoms with van der Waals surface area (Å²) in [6.45, 7) is 2.14. The lowest BCUT2D eigenvalue weighted by molar-refractivity contribution is 0.884. The Morgan fingerprint density at radius 3 is 2.56 bits per heavy atom. The summed E-state index contributed by atoms with van der Waals surface area (Å²) in [5, 5.41) is 3.45. The molecule has 0 radical (unpaired) electrons. The maximum atomic E-state index is 5.40. The summed E-state index contributed by atoms with van der Waals surface area (Å²) >= 11 is 2.31. The Bertz CT molecular complexity index is 566. The summed E-state index contributed by atoms with van der Waals surface area (Å²) in [7, 11) is 0. The second kappa shape index (κ2) is 5.92. The van der Waals surface area contributed by atoms with Crippen LogP contribution in [-0.2, 0) is 0 Å². The number of halogens is 1. The lowest BCUT2D eigenvalue weighted by Gasteiger charge is -2.16. The molecule has 0 aliphatic rings. The van der Waals surface area contributed by atoms with Gasteiger partial charge in [-0.05, 0) is 65.4 Å². The first-order chi connectivity index (χ1) is 8.69. The van der Waals surface area contributed by atoms with Crippen molar-refractivity contribution in [2.45, 2.75) is 13.0 Å². The Hall–Kier alpha value is -1.47. The van der Waals surface area contributed by atoms with Crippen molar-refractivity contribution in [2.24, 2.45) is 0 Å². The lowest BCUT2D eigenvalue weighted by Crippen LogP contribution is -2.06. The van der Waals surface area contributed by atoms with Crippen LogP contribution in [0.4, 0.5) is 5.69 Å². The minimum Gasteiger partial charge on any atom is -0.378 e. The normalized spacial score (nSPS) is 11.6. The molecule has 2 rings (SSSR count). The fourth-order valence-electron chi connectivity index (χ4n) is 1.78. The van der Waals surface area contributed by atoms with Crippen LogP contribution in [0.5, 0.6) is 0 Å². The van der Waals surface area contributed by atoms with Crippen LogP contribution in [0, 0.1) is 15.9 Å². The number of terminal acetylenes is 1. The molecule has 0 bridgehead atoms. The number of hydrogen-bond donors (Lipinski definition) is 1. The van der Waals surface area contributed by atoms with Crippen molar-refractivity contribution in [1.82, 2.24) is 0 Å². The van der Waals surface area contributed by atoms with Gasteiger partial charge >= 0.3 is 0 Å². The minimum absolute atomic E-state index is 0.259. The summed E-state index contributed by atoms with van der Waals surface area (Å²) in [5.74, 6) is 2.65. The van der Waals surface area contributed by atoms with Crippen molar-refractivity contribution in [1.29, 1.82) is 0 Å². The van der Waals surface area contributed by atoms with Crippen LogP contribution < -0.4 is 5.32 Å². The maximum Gasteiger partial charge on any atom is 0.0485 e. The standard InChI is InChI=1S/C16H14IN/c1-3-13-5-4-6-16(11-13)18-12(2)14-7-9-15(17)10-8-14/h1,4-12,18H,2H3. The van der Waals surface area contributed by atoms with Crippen LogP contribution >= 0.6 is 22.6 Å². The molecular weight excluding hydrogens is 333 g/mol. The van der Waals surface area contributed by atoms with E-state index in [9.17, 15) is 0 Å². The molecule has 2 aromatic rings. The highest BCUT2D eigenvalue weighted by molar-refractivity contribution is 14.1. The molecule has 0 aliphatic heterocycles. The van der Waals surface area contributed by atoms with Gasteiger partial charge in [0.15, 0.2) is 0 Å². The molecule has 1 nitrogen and oxygen atoms in total. The molecule has 90 valence electrons. The van der Waals surface area contributed by atoms with Gasteiger partial charge in [0.1, 0.15) is 0 Å². The molecule has 0 amide bonds. The zero-order valence-corrected chi connectivity index (χ0v) is 12.3. The first-order valence-electron chi connectivity index (χ1n) is 5.78. The van der Waals surface area contributed by atoms with Gasteiger partial charge in [0.05, 0.1) is 0 Å². The molecule has 1 unspecified atom stereocenters. The highest BCUT2D eigenvalue weighted by Crippen LogP contribution is 2.20. The molecule has 0 fully saturated rings. The Kier molecular flexibility index (Phi) is 4.27. The van der Waals surface area contributed by atoms with Gasteiger partial charge in [-0.2, -0.15) is 0 Å². The van der Waals surface area contributed by atoms with Crippen LogP contribution in [0.3, 0.4) is 0 Å². The number of nitrogens with one attached hydrogen (secondary N) is 1. The molecule has 0 saturated carbocycles. The second-order valence-corrected chi connectivity index (χ2v) is 5.39. The first kappa shape index (κ1) is 13.0. The van der Waals surface area contributed by atoms with Gasteiger partial charge in [-0.1, -0.05) is 24.1 Å². The van der Waals surface area contributed by atoms with Crippen molar-refractivity contribution < 1.29 is 0 Å². The number of anilines is 1. The molecule has 0 saturated heterocycles. The average Bonchev–Trinajstić information content (AvgIpc) is 2.39. The van der Waals surface area contributed by atoms with Crippen molar-refractivity contribution >= 4 is 28.3 Å². The van der Waals surface area contributed by atoms with Gasteiger partial charge in [0, 0.05) is 20.9 Å². The molecule has 1 atom stereocenters. The fraction of sp³-hybridized carbons (Fsp3) is 0.125. The molecule has 0 aliphatic carbocycles. The zero-order chi connectivity index (χ0) is 13.0. The summed E-state index contributed by atoms with van der Waals surface area (Å²) in [5.41, 5.74) is 3.22. The van der Waals surface area contributed by atoms with Gasteiger partial charge < -0.3 is 5.32 Å². The largest absolute Gasteiger partial charge is 0.378 e. The highest BCUT2D eigenvalue weighted by atomic mass is 127. The van der Waals surface area contributed by atoms with E-state index in [1.54, 1.807) is 0 Å². The fourth-order valence-corrected chi connectivity index (χ4v) is 2.14. The van der Waals surface area contributed by atoms with E-state index < -0.39 is 0 Å². The van der Waals surface area contributed by atoms with E-state index in [4.69, 9.17) is 6.42 Å². The van der Waals surface area contributed by atoms with Gasteiger partial charge in [-0.3, -0.25) is 0 Å². The third-order valence-electron chi connectivity index (χ3n) is 2.78. The van der Waals surface area contributed by atoms with E-state index in [2.05, 4.69) is 65.0 Å². The first-order valence-corrected chi connectivity index (χ1v) is 6.85. The average molecular weight is 347 g/mol. The van der Waals surface area contributed by atoms with E-state index in [1.165, 1.54) is 9.13 Å². The van der Waals surface area contributed by atoms with E-state index in [0.717, 1.165) is 11.3 Å². The SMILES string of the molecule is C#Cc1cccc(NC(C)c2ccc(I)cc2)c1. The molecule has 0 aromatic heterocycles. The second-order valence-electron chi connectivity index (χ2n) is 4.14. The molecule has 18 heavy (non-hydrogen) atoms.